The number of nitrogens with one attached hydrogen (secondary N) is 2. The topological polar surface area (TPSA) is 59.0 Å². The Morgan fingerprint density at radius 3 is 2.81 bits per heavy atom. The van der Waals surface area contributed by atoms with E-state index in [-0.39, 0.29) is 11.9 Å². The second kappa shape index (κ2) is 6.63. The maximum Gasteiger partial charge on any atom is 0.221 e. The van der Waals surface area contributed by atoms with Crippen molar-refractivity contribution in [2.24, 2.45) is 0 Å². The van der Waals surface area contributed by atoms with Gasteiger partial charge in [-0.3, -0.25) is 9.48 Å². The lowest BCUT2D eigenvalue weighted by atomic mass is 10.1. The molecule has 1 atom stereocenters. The fraction of sp³-hybridized carbons (Fsp3) is 0.333. The summed E-state index contributed by atoms with van der Waals surface area (Å²) in [6.07, 6.45) is 3.87. The van der Waals surface area contributed by atoms with E-state index in [1.54, 1.807) is 12.1 Å². The van der Waals surface area contributed by atoms with E-state index in [2.05, 4.69) is 29.6 Å². The van der Waals surface area contributed by atoms with Crippen LogP contribution in [0.2, 0.25) is 5.02 Å². The molecule has 1 amide bonds. The van der Waals surface area contributed by atoms with Crippen LogP contribution in [-0.4, -0.2) is 15.7 Å². The molecule has 0 bridgehead atoms. The van der Waals surface area contributed by atoms with Crippen LogP contribution < -0.4 is 10.6 Å². The van der Waals surface area contributed by atoms with Gasteiger partial charge in [-0.15, -0.1) is 0 Å². The summed E-state index contributed by atoms with van der Waals surface area (Å²) in [6.45, 7) is 6.42. The molecule has 0 fully saturated rings. The van der Waals surface area contributed by atoms with Crippen molar-refractivity contribution in [3.63, 3.8) is 0 Å². The molecule has 112 valence electrons. The van der Waals surface area contributed by atoms with Crippen molar-refractivity contribution in [3.05, 3.63) is 41.2 Å². The minimum Gasteiger partial charge on any atom is -0.378 e. The van der Waals surface area contributed by atoms with E-state index in [1.165, 1.54) is 6.92 Å². The van der Waals surface area contributed by atoms with Gasteiger partial charge in [-0.2, -0.15) is 5.10 Å². The predicted molar refractivity (Wildman–Crippen MR) is 85.7 cm³/mol. The summed E-state index contributed by atoms with van der Waals surface area (Å²) in [5.41, 5.74) is 2.62. The van der Waals surface area contributed by atoms with Gasteiger partial charge >= 0.3 is 0 Å². The zero-order valence-electron chi connectivity index (χ0n) is 12.4. The molecule has 6 heteroatoms. The Kier molecular flexibility index (Phi) is 4.85. The van der Waals surface area contributed by atoms with Crippen LogP contribution in [0.3, 0.4) is 0 Å². The SMILES string of the molecule is CCn1cc(C(C)Nc2ccc(NC(C)=O)c(Cl)c2)cn1. The molecule has 21 heavy (non-hydrogen) atoms. The molecule has 0 saturated heterocycles. The summed E-state index contributed by atoms with van der Waals surface area (Å²) in [5, 5.41) is 10.8. The molecule has 5 nitrogen and oxygen atoms in total. The van der Waals surface area contributed by atoms with E-state index in [4.69, 9.17) is 11.6 Å². The maximum absolute atomic E-state index is 11.0. The van der Waals surface area contributed by atoms with Gasteiger partial charge in [0.1, 0.15) is 0 Å². The summed E-state index contributed by atoms with van der Waals surface area (Å²) in [5.74, 6) is -0.141. The first-order valence-electron chi connectivity index (χ1n) is 6.85. The van der Waals surface area contributed by atoms with Crippen molar-refractivity contribution in [2.45, 2.75) is 33.4 Å². The second-order valence-electron chi connectivity index (χ2n) is 4.87. The van der Waals surface area contributed by atoms with Gasteiger partial charge < -0.3 is 10.6 Å². The average molecular weight is 307 g/mol. The minimum absolute atomic E-state index is 0.119. The molecule has 1 heterocycles. The lowest BCUT2D eigenvalue weighted by molar-refractivity contribution is -0.114. The van der Waals surface area contributed by atoms with Gasteiger partial charge in [0.2, 0.25) is 5.91 Å². The van der Waals surface area contributed by atoms with Gasteiger partial charge in [0, 0.05) is 30.9 Å². The van der Waals surface area contributed by atoms with E-state index >= 15 is 0 Å². The third-order valence-corrected chi connectivity index (χ3v) is 3.45. The number of amides is 1. The Morgan fingerprint density at radius 2 is 2.24 bits per heavy atom. The van der Waals surface area contributed by atoms with Gasteiger partial charge in [-0.05, 0) is 32.0 Å². The highest BCUT2D eigenvalue weighted by Gasteiger charge is 2.09. The van der Waals surface area contributed by atoms with Gasteiger partial charge in [0.25, 0.3) is 0 Å². The summed E-state index contributed by atoms with van der Waals surface area (Å²) in [7, 11) is 0. The van der Waals surface area contributed by atoms with Crippen molar-refractivity contribution >= 4 is 28.9 Å². The molecule has 0 aliphatic carbocycles. The number of aromatic nitrogens is 2. The van der Waals surface area contributed by atoms with Gasteiger partial charge in [-0.1, -0.05) is 11.6 Å². The number of halogens is 1. The standard InChI is InChI=1S/C15H19ClN4O/c1-4-20-9-12(8-17-20)10(2)18-13-5-6-15(14(16)7-13)19-11(3)21/h5-10,18H,4H2,1-3H3,(H,19,21). The monoisotopic (exact) mass is 306 g/mol. The van der Waals surface area contributed by atoms with E-state index in [1.807, 2.05) is 23.1 Å². The van der Waals surface area contributed by atoms with Crippen molar-refractivity contribution in [3.8, 4) is 0 Å². The van der Waals surface area contributed by atoms with Crippen LogP contribution in [0.1, 0.15) is 32.4 Å². The van der Waals surface area contributed by atoms with E-state index in [0.29, 0.717) is 10.7 Å². The summed E-state index contributed by atoms with van der Waals surface area (Å²) in [4.78, 5) is 11.0. The molecule has 2 N–H and O–H groups in total. The zero-order valence-corrected chi connectivity index (χ0v) is 13.1. The van der Waals surface area contributed by atoms with Crippen LogP contribution in [0.5, 0.6) is 0 Å². The predicted octanol–water partition coefficient (Wildman–Crippen LogP) is 3.69. The van der Waals surface area contributed by atoms with Crippen molar-refractivity contribution in [1.29, 1.82) is 0 Å². The largest absolute Gasteiger partial charge is 0.378 e. The van der Waals surface area contributed by atoms with Crippen LogP contribution in [-0.2, 0) is 11.3 Å². The normalized spacial score (nSPS) is 12.0. The molecule has 1 aromatic carbocycles. The van der Waals surface area contributed by atoms with Gasteiger partial charge in [-0.25, -0.2) is 0 Å². The molecular weight excluding hydrogens is 288 g/mol. The zero-order chi connectivity index (χ0) is 15.4. The fourth-order valence-electron chi connectivity index (χ4n) is 2.01. The van der Waals surface area contributed by atoms with Crippen molar-refractivity contribution in [2.75, 3.05) is 10.6 Å². The Hall–Kier alpha value is -2.01. The molecule has 0 aliphatic rings. The van der Waals surface area contributed by atoms with E-state index in [0.717, 1.165) is 17.8 Å². The highest BCUT2D eigenvalue weighted by Crippen LogP contribution is 2.27. The Bertz CT molecular complexity index is 638. The van der Waals surface area contributed by atoms with E-state index < -0.39 is 0 Å². The van der Waals surface area contributed by atoms with Crippen LogP contribution in [0.4, 0.5) is 11.4 Å². The molecule has 1 unspecified atom stereocenters. The first-order valence-corrected chi connectivity index (χ1v) is 7.23. The number of aryl methyl sites for hydroxylation is 1. The molecule has 0 saturated carbocycles. The molecule has 0 radical (unpaired) electrons. The average Bonchev–Trinajstić information content (AvgIpc) is 2.90. The molecule has 2 aromatic rings. The molecular formula is C15H19ClN4O. The Labute approximate surface area is 129 Å². The summed E-state index contributed by atoms with van der Waals surface area (Å²) < 4.78 is 1.89. The van der Waals surface area contributed by atoms with Crippen molar-refractivity contribution < 1.29 is 4.79 Å². The number of carbonyl (C=O) groups excluding carboxylic acids is 1. The summed E-state index contributed by atoms with van der Waals surface area (Å²) in [6, 6.07) is 5.59. The van der Waals surface area contributed by atoms with Crippen molar-refractivity contribution in [1.82, 2.24) is 9.78 Å². The van der Waals surface area contributed by atoms with Crippen LogP contribution in [0.25, 0.3) is 0 Å². The maximum atomic E-state index is 11.0. The Morgan fingerprint density at radius 1 is 1.48 bits per heavy atom. The van der Waals surface area contributed by atoms with Gasteiger partial charge in [0.05, 0.1) is 22.9 Å². The lowest BCUT2D eigenvalue weighted by Gasteiger charge is -2.15. The minimum atomic E-state index is -0.141. The fourth-order valence-corrected chi connectivity index (χ4v) is 2.23. The second-order valence-corrected chi connectivity index (χ2v) is 5.28. The number of nitrogens with zero attached hydrogens (tertiary/aromatic N) is 2. The molecule has 0 spiro atoms. The molecule has 2 rings (SSSR count). The number of hydrogen-bond acceptors (Lipinski definition) is 3. The number of rotatable bonds is 5. The highest BCUT2D eigenvalue weighted by atomic mass is 35.5. The first-order chi connectivity index (χ1) is 9.99. The smallest absolute Gasteiger partial charge is 0.221 e. The third kappa shape index (κ3) is 3.98. The first kappa shape index (κ1) is 15.4. The van der Waals surface area contributed by atoms with Crippen LogP contribution in [0.15, 0.2) is 30.6 Å². The number of carbonyl (C=O) groups is 1. The van der Waals surface area contributed by atoms with Gasteiger partial charge in [0.15, 0.2) is 0 Å². The highest BCUT2D eigenvalue weighted by molar-refractivity contribution is 6.34. The quantitative estimate of drug-likeness (QED) is 0.885. The van der Waals surface area contributed by atoms with Crippen LogP contribution >= 0.6 is 11.6 Å². The van der Waals surface area contributed by atoms with E-state index in [9.17, 15) is 4.79 Å². The Balaban J connectivity index is 2.08. The number of hydrogen-bond donors (Lipinski definition) is 2. The third-order valence-electron chi connectivity index (χ3n) is 3.14. The number of anilines is 2. The van der Waals surface area contributed by atoms with Crippen LogP contribution in [0, 0.1) is 0 Å². The lowest BCUT2D eigenvalue weighted by Crippen LogP contribution is -2.08. The summed E-state index contributed by atoms with van der Waals surface area (Å²) >= 11 is 6.16. The molecule has 0 aliphatic heterocycles. The molecule has 1 aromatic heterocycles. The number of benzene rings is 1.